The van der Waals surface area contributed by atoms with Crippen molar-refractivity contribution in [3.8, 4) is 11.8 Å². The third-order valence-corrected chi connectivity index (χ3v) is 5.39. The SMILES string of the molecule is COCc1cc(C)nc(NN=Cc2cc(C)n(-c3ccc(Cl)c(Cl)c3)c2C)c1C#N. The number of rotatable bonds is 6. The van der Waals surface area contributed by atoms with Gasteiger partial charge in [-0.1, -0.05) is 23.2 Å². The molecule has 0 aliphatic heterocycles. The molecular weight excluding hydrogens is 421 g/mol. The number of pyridine rings is 1. The Kier molecular flexibility index (Phi) is 6.78. The molecule has 0 radical (unpaired) electrons. The van der Waals surface area contributed by atoms with Crippen molar-refractivity contribution in [2.45, 2.75) is 27.4 Å². The summed E-state index contributed by atoms with van der Waals surface area (Å²) in [5.74, 6) is 0.402. The van der Waals surface area contributed by atoms with Crippen LogP contribution in [0.4, 0.5) is 5.82 Å². The van der Waals surface area contributed by atoms with E-state index < -0.39 is 0 Å². The fourth-order valence-electron chi connectivity index (χ4n) is 3.32. The van der Waals surface area contributed by atoms with E-state index in [1.807, 2.05) is 45.0 Å². The summed E-state index contributed by atoms with van der Waals surface area (Å²) >= 11 is 12.2. The molecule has 0 bridgehead atoms. The molecule has 2 aromatic heterocycles. The number of benzene rings is 1. The number of aromatic nitrogens is 2. The van der Waals surface area contributed by atoms with Crippen molar-refractivity contribution < 1.29 is 4.74 Å². The summed E-state index contributed by atoms with van der Waals surface area (Å²) in [5.41, 5.74) is 8.72. The molecule has 0 atom stereocenters. The summed E-state index contributed by atoms with van der Waals surface area (Å²) in [6, 6.07) is 11.6. The topological polar surface area (TPSA) is 75.2 Å². The highest BCUT2D eigenvalue weighted by molar-refractivity contribution is 6.42. The van der Waals surface area contributed by atoms with Crippen molar-refractivity contribution in [3.05, 3.63) is 74.1 Å². The first-order valence-electron chi connectivity index (χ1n) is 9.18. The van der Waals surface area contributed by atoms with Gasteiger partial charge in [-0.2, -0.15) is 10.4 Å². The molecule has 0 fully saturated rings. The fraction of sp³-hybridized carbons (Fsp3) is 0.227. The molecule has 0 aliphatic carbocycles. The third-order valence-electron chi connectivity index (χ3n) is 4.65. The number of hydrogen-bond acceptors (Lipinski definition) is 5. The number of hydrazone groups is 1. The first-order valence-corrected chi connectivity index (χ1v) is 9.94. The fourth-order valence-corrected chi connectivity index (χ4v) is 3.61. The molecule has 1 aromatic carbocycles. The van der Waals surface area contributed by atoms with Gasteiger partial charge in [0.1, 0.15) is 11.6 Å². The molecule has 1 N–H and O–H groups in total. The van der Waals surface area contributed by atoms with Crippen molar-refractivity contribution in [3.63, 3.8) is 0 Å². The van der Waals surface area contributed by atoms with Gasteiger partial charge in [-0.25, -0.2) is 4.98 Å². The minimum absolute atomic E-state index is 0.329. The molecule has 154 valence electrons. The second-order valence-corrected chi connectivity index (χ2v) is 7.64. The van der Waals surface area contributed by atoms with Gasteiger partial charge in [0.05, 0.1) is 22.9 Å². The van der Waals surface area contributed by atoms with Crippen LogP contribution in [0.2, 0.25) is 10.0 Å². The highest BCUT2D eigenvalue weighted by Crippen LogP contribution is 2.27. The van der Waals surface area contributed by atoms with Gasteiger partial charge < -0.3 is 9.30 Å². The van der Waals surface area contributed by atoms with Crippen molar-refractivity contribution in [1.82, 2.24) is 9.55 Å². The molecule has 0 saturated heterocycles. The Balaban J connectivity index is 1.90. The molecule has 3 rings (SSSR count). The maximum Gasteiger partial charge on any atom is 0.164 e. The van der Waals surface area contributed by atoms with E-state index in [1.54, 1.807) is 19.4 Å². The van der Waals surface area contributed by atoms with Crippen molar-refractivity contribution >= 4 is 35.2 Å². The lowest BCUT2D eigenvalue weighted by Crippen LogP contribution is -2.04. The van der Waals surface area contributed by atoms with E-state index in [0.29, 0.717) is 28.0 Å². The minimum Gasteiger partial charge on any atom is -0.380 e. The third kappa shape index (κ3) is 4.49. The zero-order valence-corrected chi connectivity index (χ0v) is 18.6. The quantitative estimate of drug-likeness (QED) is 0.400. The molecule has 3 aromatic rings. The van der Waals surface area contributed by atoms with Crippen LogP contribution in [0.1, 0.15) is 33.8 Å². The van der Waals surface area contributed by atoms with Gasteiger partial charge >= 0.3 is 0 Å². The van der Waals surface area contributed by atoms with E-state index in [4.69, 9.17) is 27.9 Å². The molecule has 0 aliphatic rings. The molecule has 2 heterocycles. The Labute approximate surface area is 185 Å². The lowest BCUT2D eigenvalue weighted by molar-refractivity contribution is 0.184. The summed E-state index contributed by atoms with van der Waals surface area (Å²) in [6.45, 7) is 6.20. The lowest BCUT2D eigenvalue weighted by atomic mass is 10.1. The van der Waals surface area contributed by atoms with Crippen LogP contribution in [-0.2, 0) is 11.3 Å². The number of ether oxygens (including phenoxy) is 1. The smallest absolute Gasteiger partial charge is 0.164 e. The normalized spacial score (nSPS) is 11.1. The first-order chi connectivity index (χ1) is 14.3. The van der Waals surface area contributed by atoms with E-state index >= 15 is 0 Å². The Morgan fingerprint density at radius 3 is 2.63 bits per heavy atom. The molecule has 8 heteroatoms. The van der Waals surface area contributed by atoms with Gasteiger partial charge in [0.15, 0.2) is 5.82 Å². The van der Waals surface area contributed by atoms with Crippen molar-refractivity contribution in [1.29, 1.82) is 5.26 Å². The van der Waals surface area contributed by atoms with Gasteiger partial charge in [0.25, 0.3) is 0 Å². The second kappa shape index (κ2) is 9.31. The monoisotopic (exact) mass is 441 g/mol. The zero-order chi connectivity index (χ0) is 21.8. The van der Waals surface area contributed by atoms with Gasteiger partial charge in [0.2, 0.25) is 0 Å². The van der Waals surface area contributed by atoms with E-state index in [9.17, 15) is 5.26 Å². The summed E-state index contributed by atoms with van der Waals surface area (Å²) in [7, 11) is 1.59. The number of methoxy groups -OCH3 is 1. The predicted octanol–water partition coefficient (Wildman–Crippen LogP) is 5.57. The summed E-state index contributed by atoms with van der Waals surface area (Å²) < 4.78 is 7.25. The van der Waals surface area contributed by atoms with Gasteiger partial charge in [0, 0.05) is 41.0 Å². The van der Waals surface area contributed by atoms with Crippen molar-refractivity contribution in [2.75, 3.05) is 12.5 Å². The number of anilines is 1. The summed E-state index contributed by atoms with van der Waals surface area (Å²) in [4.78, 5) is 4.39. The minimum atomic E-state index is 0.329. The highest BCUT2D eigenvalue weighted by atomic mass is 35.5. The number of nitriles is 1. The van der Waals surface area contributed by atoms with Gasteiger partial charge in [-0.15, -0.1) is 0 Å². The zero-order valence-electron chi connectivity index (χ0n) is 17.1. The van der Waals surface area contributed by atoms with Crippen LogP contribution in [0.5, 0.6) is 0 Å². The lowest BCUT2D eigenvalue weighted by Gasteiger charge is -2.10. The van der Waals surface area contributed by atoms with Crippen LogP contribution < -0.4 is 5.43 Å². The molecule has 0 unspecified atom stereocenters. The van der Waals surface area contributed by atoms with Crippen LogP contribution >= 0.6 is 23.2 Å². The number of halogens is 2. The van der Waals surface area contributed by atoms with Crippen LogP contribution in [-0.4, -0.2) is 22.9 Å². The Morgan fingerprint density at radius 1 is 1.20 bits per heavy atom. The highest BCUT2D eigenvalue weighted by Gasteiger charge is 2.12. The van der Waals surface area contributed by atoms with Crippen LogP contribution in [0.15, 0.2) is 35.4 Å². The van der Waals surface area contributed by atoms with Crippen LogP contribution in [0, 0.1) is 32.1 Å². The first kappa shape index (κ1) is 21.8. The second-order valence-electron chi connectivity index (χ2n) is 6.82. The van der Waals surface area contributed by atoms with Crippen LogP contribution in [0.25, 0.3) is 5.69 Å². The largest absolute Gasteiger partial charge is 0.380 e. The summed E-state index contributed by atoms with van der Waals surface area (Å²) in [6.07, 6.45) is 1.71. The number of nitrogens with zero attached hydrogens (tertiary/aromatic N) is 4. The standard InChI is InChI=1S/C22H21Cl2N5O/c1-13-7-17(12-30-4)19(10-25)22(27-13)28-26-11-16-8-14(2)29(15(16)3)18-5-6-20(23)21(24)9-18/h5-9,11H,12H2,1-4H3,(H,27,28). The average molecular weight is 442 g/mol. The molecule has 0 saturated carbocycles. The van der Waals surface area contributed by atoms with E-state index in [0.717, 1.165) is 33.9 Å². The molecule has 0 amide bonds. The predicted molar refractivity (Wildman–Crippen MR) is 121 cm³/mol. The summed E-state index contributed by atoms with van der Waals surface area (Å²) in [5, 5.41) is 14.9. The number of aryl methyl sites for hydroxylation is 2. The van der Waals surface area contributed by atoms with E-state index in [1.165, 1.54) is 0 Å². The average Bonchev–Trinajstić information content (AvgIpc) is 2.98. The number of hydrogen-bond donors (Lipinski definition) is 1. The maximum atomic E-state index is 9.52. The van der Waals surface area contributed by atoms with E-state index in [-0.39, 0.29) is 0 Å². The number of nitrogens with one attached hydrogen (secondary N) is 1. The Morgan fingerprint density at radius 2 is 1.97 bits per heavy atom. The Bertz CT molecular complexity index is 1160. The molecule has 0 spiro atoms. The molecule has 6 nitrogen and oxygen atoms in total. The molecular formula is C22H21Cl2N5O. The Hall–Kier alpha value is -2.85. The maximum absolute atomic E-state index is 9.52. The van der Waals surface area contributed by atoms with Gasteiger partial charge in [-0.05, 0) is 51.1 Å². The van der Waals surface area contributed by atoms with E-state index in [2.05, 4.69) is 26.1 Å². The van der Waals surface area contributed by atoms with Crippen molar-refractivity contribution in [2.24, 2.45) is 5.10 Å². The van der Waals surface area contributed by atoms with Crippen LogP contribution in [0.3, 0.4) is 0 Å². The van der Waals surface area contributed by atoms with Gasteiger partial charge in [-0.3, -0.25) is 5.43 Å². The molecule has 30 heavy (non-hydrogen) atoms.